The molecule has 1 aromatic carbocycles. The molecule has 3 amide bonds. The average Bonchev–Trinajstić information content (AvgIpc) is 2.69. The van der Waals surface area contributed by atoms with Crippen LogP contribution in [0.2, 0.25) is 0 Å². The first-order valence-electron chi connectivity index (χ1n) is 9.07. The molecule has 146 valence electrons. The van der Waals surface area contributed by atoms with Gasteiger partial charge in [0.2, 0.25) is 11.8 Å². The van der Waals surface area contributed by atoms with E-state index in [9.17, 15) is 14.4 Å². The predicted molar refractivity (Wildman–Crippen MR) is 106 cm³/mol. The number of anilines is 3. The van der Waals surface area contributed by atoms with Crippen LogP contribution in [-0.2, 0) is 9.59 Å². The standard InChI is InChI=1S/C20H23N5O3/c1-14(26)22-17-3-5-18(6-4-17)23-19-11-16(12-21-13-19)20(28)25-9-7-24(8-10-25)15(2)27/h3-6,11-13,23H,7-10H2,1-2H3,(H,22,26). The van der Waals surface area contributed by atoms with Gasteiger partial charge in [-0.05, 0) is 30.3 Å². The Bertz CT molecular complexity index is 874. The van der Waals surface area contributed by atoms with E-state index in [-0.39, 0.29) is 17.7 Å². The third kappa shape index (κ3) is 4.85. The van der Waals surface area contributed by atoms with Crippen molar-refractivity contribution in [1.29, 1.82) is 0 Å². The second kappa shape index (κ2) is 8.51. The largest absolute Gasteiger partial charge is 0.354 e. The molecule has 0 unspecified atom stereocenters. The van der Waals surface area contributed by atoms with Gasteiger partial charge in [0, 0.05) is 57.6 Å². The van der Waals surface area contributed by atoms with Crippen molar-refractivity contribution in [3.05, 3.63) is 48.3 Å². The predicted octanol–water partition coefficient (Wildman–Crippen LogP) is 2.09. The maximum absolute atomic E-state index is 12.7. The molecule has 1 aromatic heterocycles. The van der Waals surface area contributed by atoms with Crippen molar-refractivity contribution < 1.29 is 14.4 Å². The van der Waals surface area contributed by atoms with Crippen molar-refractivity contribution in [2.75, 3.05) is 36.8 Å². The van der Waals surface area contributed by atoms with Gasteiger partial charge in [-0.15, -0.1) is 0 Å². The van der Waals surface area contributed by atoms with Crippen LogP contribution in [0.1, 0.15) is 24.2 Å². The van der Waals surface area contributed by atoms with Crippen LogP contribution in [0.5, 0.6) is 0 Å². The second-order valence-electron chi connectivity index (χ2n) is 6.64. The second-order valence-corrected chi connectivity index (χ2v) is 6.64. The van der Waals surface area contributed by atoms with Gasteiger partial charge in [0.15, 0.2) is 0 Å². The van der Waals surface area contributed by atoms with E-state index in [0.29, 0.717) is 43.1 Å². The molecule has 3 rings (SSSR count). The van der Waals surface area contributed by atoms with Gasteiger partial charge in [-0.1, -0.05) is 0 Å². The monoisotopic (exact) mass is 381 g/mol. The van der Waals surface area contributed by atoms with E-state index in [4.69, 9.17) is 0 Å². The molecule has 0 spiro atoms. The maximum atomic E-state index is 12.7. The molecule has 8 heteroatoms. The third-order valence-electron chi connectivity index (χ3n) is 4.49. The van der Waals surface area contributed by atoms with E-state index in [1.807, 2.05) is 12.1 Å². The summed E-state index contributed by atoms with van der Waals surface area (Å²) in [5.74, 6) is -0.190. The van der Waals surface area contributed by atoms with Gasteiger partial charge in [-0.2, -0.15) is 0 Å². The molecule has 0 aliphatic carbocycles. The Morgan fingerprint density at radius 2 is 1.46 bits per heavy atom. The van der Waals surface area contributed by atoms with Crippen LogP contribution in [0.15, 0.2) is 42.7 Å². The van der Waals surface area contributed by atoms with Gasteiger partial charge in [0.25, 0.3) is 5.91 Å². The van der Waals surface area contributed by atoms with Crippen LogP contribution in [0, 0.1) is 0 Å². The SMILES string of the molecule is CC(=O)Nc1ccc(Nc2cncc(C(=O)N3CCN(C(C)=O)CC3)c2)cc1. The smallest absolute Gasteiger partial charge is 0.255 e. The van der Waals surface area contributed by atoms with Crippen molar-refractivity contribution in [3.8, 4) is 0 Å². The Kier molecular flexibility index (Phi) is 5.88. The fourth-order valence-corrected chi connectivity index (χ4v) is 3.04. The third-order valence-corrected chi connectivity index (χ3v) is 4.49. The highest BCUT2D eigenvalue weighted by Crippen LogP contribution is 2.20. The highest BCUT2D eigenvalue weighted by Gasteiger charge is 2.23. The molecule has 0 atom stereocenters. The number of hydrogen-bond acceptors (Lipinski definition) is 5. The summed E-state index contributed by atoms with van der Waals surface area (Å²) in [7, 11) is 0. The number of nitrogens with zero attached hydrogens (tertiary/aromatic N) is 3. The molecule has 28 heavy (non-hydrogen) atoms. The Hall–Kier alpha value is -3.42. The highest BCUT2D eigenvalue weighted by molar-refractivity contribution is 5.95. The number of piperazine rings is 1. The van der Waals surface area contributed by atoms with Crippen LogP contribution < -0.4 is 10.6 Å². The molecule has 1 aliphatic heterocycles. The number of aromatic nitrogens is 1. The number of benzene rings is 1. The van der Waals surface area contributed by atoms with E-state index < -0.39 is 0 Å². The number of carbonyl (C=O) groups is 3. The summed E-state index contributed by atoms with van der Waals surface area (Å²) in [6, 6.07) is 9.01. The minimum Gasteiger partial charge on any atom is -0.354 e. The Labute approximate surface area is 163 Å². The molecule has 1 fully saturated rings. The number of carbonyl (C=O) groups excluding carboxylic acids is 3. The van der Waals surface area contributed by atoms with E-state index in [0.717, 1.165) is 5.69 Å². The van der Waals surface area contributed by atoms with E-state index in [2.05, 4.69) is 15.6 Å². The molecule has 1 saturated heterocycles. The lowest BCUT2D eigenvalue weighted by Crippen LogP contribution is -2.50. The number of hydrogen-bond donors (Lipinski definition) is 2. The maximum Gasteiger partial charge on any atom is 0.255 e. The summed E-state index contributed by atoms with van der Waals surface area (Å²) in [6.07, 6.45) is 3.19. The number of rotatable bonds is 4. The van der Waals surface area contributed by atoms with Crippen molar-refractivity contribution in [2.45, 2.75) is 13.8 Å². The van der Waals surface area contributed by atoms with Crippen molar-refractivity contribution in [2.24, 2.45) is 0 Å². The summed E-state index contributed by atoms with van der Waals surface area (Å²) >= 11 is 0. The Balaban J connectivity index is 1.64. The fourth-order valence-electron chi connectivity index (χ4n) is 3.04. The van der Waals surface area contributed by atoms with Crippen molar-refractivity contribution in [3.63, 3.8) is 0 Å². The lowest BCUT2D eigenvalue weighted by molar-refractivity contribution is -0.130. The van der Waals surface area contributed by atoms with Crippen LogP contribution in [0.3, 0.4) is 0 Å². The average molecular weight is 381 g/mol. The quantitative estimate of drug-likeness (QED) is 0.846. The molecule has 2 heterocycles. The van der Waals surface area contributed by atoms with Gasteiger partial charge in [0.1, 0.15) is 0 Å². The Morgan fingerprint density at radius 1 is 0.857 bits per heavy atom. The molecular weight excluding hydrogens is 358 g/mol. The summed E-state index contributed by atoms with van der Waals surface area (Å²) in [6.45, 7) is 5.13. The molecule has 2 aromatic rings. The number of amides is 3. The van der Waals surface area contributed by atoms with Crippen LogP contribution >= 0.6 is 0 Å². The van der Waals surface area contributed by atoms with E-state index in [1.165, 1.54) is 6.92 Å². The normalized spacial score (nSPS) is 13.8. The number of nitrogens with one attached hydrogen (secondary N) is 2. The first-order valence-corrected chi connectivity index (χ1v) is 9.07. The minimum atomic E-state index is -0.125. The lowest BCUT2D eigenvalue weighted by atomic mass is 10.2. The molecule has 0 radical (unpaired) electrons. The van der Waals surface area contributed by atoms with Crippen LogP contribution in [0.25, 0.3) is 0 Å². The minimum absolute atomic E-state index is 0.0319. The van der Waals surface area contributed by atoms with E-state index >= 15 is 0 Å². The van der Waals surface area contributed by atoms with Gasteiger partial charge in [0.05, 0.1) is 17.4 Å². The van der Waals surface area contributed by atoms with E-state index in [1.54, 1.807) is 47.3 Å². The lowest BCUT2D eigenvalue weighted by Gasteiger charge is -2.34. The zero-order valence-electron chi connectivity index (χ0n) is 15.9. The van der Waals surface area contributed by atoms with Gasteiger partial charge < -0.3 is 20.4 Å². The van der Waals surface area contributed by atoms with Gasteiger partial charge >= 0.3 is 0 Å². The zero-order chi connectivity index (χ0) is 20.1. The molecular formula is C20H23N5O3. The molecule has 8 nitrogen and oxygen atoms in total. The topological polar surface area (TPSA) is 94.6 Å². The van der Waals surface area contributed by atoms with Gasteiger partial charge in [-0.3, -0.25) is 19.4 Å². The van der Waals surface area contributed by atoms with Gasteiger partial charge in [-0.25, -0.2) is 0 Å². The van der Waals surface area contributed by atoms with Crippen LogP contribution in [0.4, 0.5) is 17.1 Å². The summed E-state index contributed by atoms with van der Waals surface area (Å²) < 4.78 is 0. The molecule has 1 aliphatic rings. The first kappa shape index (κ1) is 19.3. The highest BCUT2D eigenvalue weighted by atomic mass is 16.2. The first-order chi connectivity index (χ1) is 13.4. The van der Waals surface area contributed by atoms with Crippen molar-refractivity contribution in [1.82, 2.24) is 14.8 Å². The molecule has 0 bridgehead atoms. The van der Waals surface area contributed by atoms with Crippen LogP contribution in [-0.4, -0.2) is 58.7 Å². The van der Waals surface area contributed by atoms with Crippen molar-refractivity contribution >= 4 is 34.8 Å². The molecule has 0 saturated carbocycles. The Morgan fingerprint density at radius 3 is 2.07 bits per heavy atom. The summed E-state index contributed by atoms with van der Waals surface area (Å²) in [5.41, 5.74) is 2.72. The summed E-state index contributed by atoms with van der Waals surface area (Å²) in [5, 5.41) is 5.92. The number of pyridine rings is 1. The molecule has 2 N–H and O–H groups in total. The zero-order valence-corrected chi connectivity index (χ0v) is 15.9. The summed E-state index contributed by atoms with van der Waals surface area (Å²) in [4.78, 5) is 42.9. The fraction of sp³-hybridized carbons (Fsp3) is 0.300.